The zero-order valence-corrected chi connectivity index (χ0v) is 22.6. The van der Waals surface area contributed by atoms with Crippen LogP contribution in [0, 0.1) is 0 Å². The molecule has 2 N–H and O–H groups in total. The molecule has 0 atom stereocenters. The first-order valence-corrected chi connectivity index (χ1v) is 12.6. The minimum absolute atomic E-state index is 0. The highest BCUT2D eigenvalue weighted by molar-refractivity contribution is 6.36. The molecule has 6 rings (SSSR count). The number of nitrogens with zero attached hydrogens (tertiary/aromatic N) is 5. The number of halogens is 3. The van der Waals surface area contributed by atoms with Gasteiger partial charge >= 0.3 is 0 Å². The van der Waals surface area contributed by atoms with Crippen LogP contribution in [0.1, 0.15) is 12.8 Å². The molecule has 4 heterocycles. The highest BCUT2D eigenvalue weighted by Gasteiger charge is 2.17. The molecule has 38 heavy (non-hydrogen) atoms. The predicted molar refractivity (Wildman–Crippen MR) is 152 cm³/mol. The van der Waals surface area contributed by atoms with E-state index in [0.717, 1.165) is 36.8 Å². The van der Waals surface area contributed by atoms with Crippen LogP contribution in [-0.4, -0.2) is 43.9 Å². The van der Waals surface area contributed by atoms with Gasteiger partial charge in [0.25, 0.3) is 0 Å². The van der Waals surface area contributed by atoms with Crippen molar-refractivity contribution in [2.24, 2.45) is 7.05 Å². The lowest BCUT2D eigenvalue weighted by Crippen LogP contribution is -2.34. The van der Waals surface area contributed by atoms with E-state index in [1.165, 1.54) is 6.33 Å². The maximum atomic E-state index is 6.62. The zero-order chi connectivity index (χ0) is 25.4. The third-order valence-corrected chi connectivity index (χ3v) is 6.73. The molecule has 0 aliphatic carbocycles. The molecule has 1 fully saturated rings. The summed E-state index contributed by atoms with van der Waals surface area (Å²) in [5, 5.41) is 12.8. The maximum absolute atomic E-state index is 6.62. The molecule has 0 bridgehead atoms. The summed E-state index contributed by atoms with van der Waals surface area (Å²) in [4.78, 5) is 13.4. The van der Waals surface area contributed by atoms with Crippen LogP contribution in [0.4, 0.5) is 11.5 Å². The highest BCUT2D eigenvalue weighted by Crippen LogP contribution is 2.38. The fourth-order valence-electron chi connectivity index (χ4n) is 4.30. The quantitative estimate of drug-likeness (QED) is 0.244. The van der Waals surface area contributed by atoms with Crippen LogP contribution in [0.15, 0.2) is 55.0 Å². The predicted octanol–water partition coefficient (Wildman–Crippen LogP) is 6.31. The van der Waals surface area contributed by atoms with Gasteiger partial charge in [-0.2, -0.15) is 5.10 Å². The molecule has 12 heteroatoms. The Morgan fingerprint density at radius 1 is 1.00 bits per heavy atom. The number of benzene rings is 2. The Labute approximate surface area is 234 Å². The molecule has 0 saturated carbocycles. The number of ether oxygens (including phenoxy) is 2. The van der Waals surface area contributed by atoms with E-state index >= 15 is 0 Å². The molecule has 5 aromatic rings. The van der Waals surface area contributed by atoms with Gasteiger partial charge in [-0.25, -0.2) is 15.0 Å². The molecule has 1 aliphatic heterocycles. The monoisotopic (exact) mass is 571 g/mol. The fraction of sp³-hybridized carbons (Fsp3) is 0.231. The largest absolute Gasteiger partial charge is 0.474 e. The first-order chi connectivity index (χ1) is 18.0. The SMILES string of the molecule is Cl.Cn1cc2ccc(Oc3cc(Cl)c(Nc4ncnc5ccc(OC6CCNCC6)nc45)cc3Cl)cc2n1. The molecule has 0 spiro atoms. The molecule has 1 aliphatic rings. The standard InChI is InChI=1S/C26H23Cl2N7O2.ClH/c1-35-13-15-2-3-17(10-21(15)34-35)36-23-12-18(27)22(11-19(23)28)32-26-25-20(30-14-31-26)4-5-24(33-25)37-16-6-8-29-9-7-16;/h2-5,10-14,16,29H,6-9H2,1H3,(H,30,31,32);1H. The summed E-state index contributed by atoms with van der Waals surface area (Å²) in [6.45, 7) is 1.87. The third kappa shape index (κ3) is 5.56. The van der Waals surface area contributed by atoms with Crippen LogP contribution in [-0.2, 0) is 7.05 Å². The van der Waals surface area contributed by atoms with E-state index in [9.17, 15) is 0 Å². The van der Waals surface area contributed by atoms with Gasteiger partial charge in [-0.3, -0.25) is 4.68 Å². The minimum atomic E-state index is 0. The van der Waals surface area contributed by atoms with E-state index in [2.05, 4.69) is 30.7 Å². The van der Waals surface area contributed by atoms with Crippen molar-refractivity contribution < 1.29 is 9.47 Å². The Morgan fingerprint density at radius 3 is 2.68 bits per heavy atom. The van der Waals surface area contributed by atoms with Crippen molar-refractivity contribution in [1.82, 2.24) is 30.0 Å². The lowest BCUT2D eigenvalue weighted by atomic mass is 10.1. The van der Waals surface area contributed by atoms with E-state index < -0.39 is 0 Å². The number of fused-ring (bicyclic) bond motifs is 2. The summed E-state index contributed by atoms with van der Waals surface area (Å²) in [7, 11) is 1.88. The number of piperidine rings is 1. The summed E-state index contributed by atoms with van der Waals surface area (Å²) >= 11 is 13.2. The second kappa shape index (κ2) is 11.2. The van der Waals surface area contributed by atoms with Crippen molar-refractivity contribution in [2.45, 2.75) is 18.9 Å². The van der Waals surface area contributed by atoms with Crippen molar-refractivity contribution in [2.75, 3.05) is 18.4 Å². The maximum Gasteiger partial charge on any atom is 0.214 e. The number of hydrogen-bond acceptors (Lipinski definition) is 8. The number of hydrogen-bond donors (Lipinski definition) is 2. The molecule has 9 nitrogen and oxygen atoms in total. The van der Waals surface area contributed by atoms with Crippen LogP contribution in [0.2, 0.25) is 10.0 Å². The summed E-state index contributed by atoms with van der Waals surface area (Å²) in [6.07, 6.45) is 5.42. The van der Waals surface area contributed by atoms with Gasteiger partial charge in [0, 0.05) is 36.8 Å². The minimum Gasteiger partial charge on any atom is -0.474 e. The van der Waals surface area contributed by atoms with Gasteiger partial charge in [0.15, 0.2) is 5.82 Å². The second-order valence-corrected chi connectivity index (χ2v) is 9.63. The van der Waals surface area contributed by atoms with Gasteiger partial charge in [0.1, 0.15) is 29.4 Å². The van der Waals surface area contributed by atoms with E-state index in [1.807, 2.05) is 43.6 Å². The Morgan fingerprint density at radius 2 is 1.84 bits per heavy atom. The van der Waals surface area contributed by atoms with Gasteiger partial charge in [-0.1, -0.05) is 23.2 Å². The zero-order valence-electron chi connectivity index (χ0n) is 20.3. The van der Waals surface area contributed by atoms with Crippen LogP contribution in [0.3, 0.4) is 0 Å². The number of pyridine rings is 1. The van der Waals surface area contributed by atoms with E-state index in [-0.39, 0.29) is 18.5 Å². The fourth-order valence-corrected chi connectivity index (χ4v) is 4.71. The highest BCUT2D eigenvalue weighted by atomic mass is 35.5. The summed E-state index contributed by atoms with van der Waals surface area (Å²) < 4.78 is 13.9. The smallest absolute Gasteiger partial charge is 0.214 e. The molecule has 2 aromatic carbocycles. The van der Waals surface area contributed by atoms with Crippen molar-refractivity contribution in [3.63, 3.8) is 0 Å². The van der Waals surface area contributed by atoms with E-state index in [1.54, 1.807) is 16.8 Å². The van der Waals surface area contributed by atoms with Gasteiger partial charge < -0.3 is 20.1 Å². The van der Waals surface area contributed by atoms with Crippen molar-refractivity contribution >= 4 is 69.1 Å². The number of anilines is 2. The molecule has 3 aromatic heterocycles. The normalized spacial score (nSPS) is 13.9. The molecule has 196 valence electrons. The average molecular weight is 573 g/mol. The Hall–Kier alpha value is -3.37. The van der Waals surface area contributed by atoms with Gasteiger partial charge in [0.05, 0.1) is 26.8 Å². The number of rotatable bonds is 6. The van der Waals surface area contributed by atoms with Crippen molar-refractivity contribution in [3.05, 3.63) is 65.0 Å². The molecule has 0 amide bonds. The summed E-state index contributed by atoms with van der Waals surface area (Å²) in [5.74, 6) is 2.07. The molecule has 0 unspecified atom stereocenters. The Bertz CT molecular complexity index is 1610. The van der Waals surface area contributed by atoms with Crippen LogP contribution in [0.5, 0.6) is 17.4 Å². The lowest BCUT2D eigenvalue weighted by Gasteiger charge is -2.23. The first kappa shape index (κ1) is 26.2. The summed E-state index contributed by atoms with van der Waals surface area (Å²) in [5.41, 5.74) is 2.64. The first-order valence-electron chi connectivity index (χ1n) is 11.9. The van der Waals surface area contributed by atoms with Crippen molar-refractivity contribution in [1.29, 1.82) is 0 Å². The van der Waals surface area contributed by atoms with Gasteiger partial charge in [-0.15, -0.1) is 12.4 Å². The van der Waals surface area contributed by atoms with Gasteiger partial charge in [0.2, 0.25) is 5.88 Å². The van der Waals surface area contributed by atoms with Crippen molar-refractivity contribution in [3.8, 4) is 17.4 Å². The third-order valence-electron chi connectivity index (χ3n) is 6.13. The Kier molecular flexibility index (Phi) is 7.71. The molecular formula is C26H24Cl3N7O2. The lowest BCUT2D eigenvalue weighted by molar-refractivity contribution is 0.156. The van der Waals surface area contributed by atoms with Crippen LogP contribution in [0.25, 0.3) is 21.9 Å². The Balaban J connectivity index is 0.00000294. The van der Waals surface area contributed by atoms with E-state index in [0.29, 0.717) is 50.0 Å². The second-order valence-electron chi connectivity index (χ2n) is 8.82. The van der Waals surface area contributed by atoms with Gasteiger partial charge in [-0.05, 0) is 50.2 Å². The number of aromatic nitrogens is 5. The molecule has 1 saturated heterocycles. The van der Waals surface area contributed by atoms with E-state index in [4.69, 9.17) is 32.7 Å². The number of aryl methyl sites for hydroxylation is 1. The molecular weight excluding hydrogens is 549 g/mol. The topological polar surface area (TPSA) is 99.0 Å². The molecule has 0 radical (unpaired) electrons. The van der Waals surface area contributed by atoms with Crippen LogP contribution < -0.4 is 20.1 Å². The average Bonchev–Trinajstić information content (AvgIpc) is 3.27. The summed E-state index contributed by atoms with van der Waals surface area (Å²) in [6, 6.07) is 12.7. The number of nitrogens with one attached hydrogen (secondary N) is 2. The van der Waals surface area contributed by atoms with Crippen LogP contribution >= 0.6 is 35.6 Å².